The van der Waals surface area contributed by atoms with E-state index in [0.29, 0.717) is 29.0 Å². The van der Waals surface area contributed by atoms with Crippen molar-refractivity contribution in [3.8, 4) is 17.2 Å². The van der Waals surface area contributed by atoms with Crippen molar-refractivity contribution in [1.82, 2.24) is 4.90 Å². The van der Waals surface area contributed by atoms with Crippen LogP contribution in [-0.4, -0.2) is 27.8 Å². The Balaban J connectivity index is 1.45. The Labute approximate surface area is 224 Å². The maximum absolute atomic E-state index is 13.4. The molecule has 7 heteroatoms. The highest BCUT2D eigenvalue weighted by Crippen LogP contribution is 2.42. The molecule has 1 amide bonds. The summed E-state index contributed by atoms with van der Waals surface area (Å²) in [6, 6.07) is 25.1. The topological polar surface area (TPSA) is 76.1 Å². The Hall–Kier alpha value is -4.36. The Kier molecular flexibility index (Phi) is 6.21. The van der Waals surface area contributed by atoms with Gasteiger partial charge < -0.3 is 19.5 Å². The molecule has 0 saturated carbocycles. The summed E-state index contributed by atoms with van der Waals surface area (Å²) in [6.45, 7) is 2.24. The summed E-state index contributed by atoms with van der Waals surface area (Å²) in [5.41, 5.74) is 2.19. The average molecular weight is 524 g/mol. The molecule has 2 unspecified atom stereocenters. The van der Waals surface area contributed by atoms with E-state index in [1.807, 2.05) is 85.1 Å². The number of ether oxygens (including phenoxy) is 2. The number of nitrogens with zero attached hydrogens (tertiary/aromatic N) is 1. The van der Waals surface area contributed by atoms with Crippen LogP contribution in [0.3, 0.4) is 0 Å². The summed E-state index contributed by atoms with van der Waals surface area (Å²) >= 11 is 1.51. The summed E-state index contributed by atoms with van der Waals surface area (Å²) in [7, 11) is 0. The van der Waals surface area contributed by atoms with Crippen molar-refractivity contribution in [1.29, 1.82) is 0 Å². The van der Waals surface area contributed by atoms with E-state index in [-0.39, 0.29) is 24.0 Å². The maximum atomic E-state index is 13.4. The monoisotopic (exact) mass is 523 g/mol. The van der Waals surface area contributed by atoms with Crippen LogP contribution in [0.15, 0.2) is 95.9 Å². The van der Waals surface area contributed by atoms with Crippen molar-refractivity contribution in [3.63, 3.8) is 0 Å². The SMILES string of the molecule is CC1Cc2cc(/C(O)=C3/C(=O)C(=O)N(Cc4cccs4)C3c3cccc(Oc4ccccc4)c3)ccc2O1. The Morgan fingerprint density at radius 1 is 1.00 bits per heavy atom. The van der Waals surface area contributed by atoms with Gasteiger partial charge in [0.15, 0.2) is 0 Å². The minimum Gasteiger partial charge on any atom is -0.507 e. The molecule has 1 N–H and O–H groups in total. The van der Waals surface area contributed by atoms with Crippen LogP contribution >= 0.6 is 11.3 Å². The summed E-state index contributed by atoms with van der Waals surface area (Å²) in [5, 5.41) is 13.4. The van der Waals surface area contributed by atoms with E-state index >= 15 is 0 Å². The molecule has 2 atom stereocenters. The summed E-state index contributed by atoms with van der Waals surface area (Å²) in [4.78, 5) is 29.3. The number of likely N-dealkylation sites (tertiary alicyclic amines) is 1. The van der Waals surface area contributed by atoms with Gasteiger partial charge in [-0.2, -0.15) is 0 Å². The molecule has 6 rings (SSSR count). The number of para-hydroxylation sites is 1. The van der Waals surface area contributed by atoms with Gasteiger partial charge in [0.25, 0.3) is 11.7 Å². The van der Waals surface area contributed by atoms with Crippen molar-refractivity contribution < 1.29 is 24.2 Å². The smallest absolute Gasteiger partial charge is 0.295 e. The van der Waals surface area contributed by atoms with E-state index in [2.05, 4.69) is 0 Å². The van der Waals surface area contributed by atoms with E-state index in [9.17, 15) is 14.7 Å². The number of rotatable bonds is 6. The number of aliphatic hydroxyl groups excluding tert-OH is 1. The number of carbonyl (C=O) groups excluding carboxylic acids is 2. The zero-order valence-electron chi connectivity index (χ0n) is 20.7. The standard InChI is InChI=1S/C31H25NO5S/c1-19-15-22-16-21(12-13-26(22)36-19)29(33)27-28(32(31(35)30(27)34)18-25-11-6-14-38-25)20-7-5-10-24(17-20)37-23-8-3-2-4-9-23/h2-14,16-17,19,28,33H,15,18H2,1H3/b29-27-. The van der Waals surface area contributed by atoms with Crippen molar-refractivity contribution in [2.24, 2.45) is 0 Å². The zero-order chi connectivity index (χ0) is 26.2. The first-order valence-electron chi connectivity index (χ1n) is 12.4. The van der Waals surface area contributed by atoms with Gasteiger partial charge in [-0.3, -0.25) is 9.59 Å². The van der Waals surface area contributed by atoms with Gasteiger partial charge in [0.2, 0.25) is 0 Å². The molecule has 0 bridgehead atoms. The second kappa shape index (κ2) is 9.84. The lowest BCUT2D eigenvalue weighted by Gasteiger charge is -2.25. The number of amides is 1. The van der Waals surface area contributed by atoms with Crippen LogP contribution in [-0.2, 0) is 22.6 Å². The van der Waals surface area contributed by atoms with Gasteiger partial charge in [0.1, 0.15) is 29.1 Å². The third-order valence-electron chi connectivity index (χ3n) is 6.77. The molecule has 4 aromatic rings. The summed E-state index contributed by atoms with van der Waals surface area (Å²) < 4.78 is 11.8. The fraction of sp³-hybridized carbons (Fsp3) is 0.161. The van der Waals surface area contributed by atoms with Crippen LogP contribution in [0.4, 0.5) is 0 Å². The molecule has 2 aliphatic rings. The number of benzene rings is 3. The summed E-state index contributed by atoms with van der Waals surface area (Å²) in [5.74, 6) is 0.472. The number of fused-ring (bicyclic) bond motifs is 1. The number of thiophene rings is 1. The fourth-order valence-corrected chi connectivity index (χ4v) is 5.76. The lowest BCUT2D eigenvalue weighted by atomic mass is 9.94. The number of carbonyl (C=O) groups is 2. The highest BCUT2D eigenvalue weighted by atomic mass is 32.1. The fourth-order valence-electron chi connectivity index (χ4n) is 5.06. The van der Waals surface area contributed by atoms with Crippen molar-refractivity contribution in [3.05, 3.63) is 117 Å². The second-order valence-electron chi connectivity index (χ2n) is 9.45. The van der Waals surface area contributed by atoms with Gasteiger partial charge in [-0.05, 0) is 72.0 Å². The number of hydrogen-bond acceptors (Lipinski definition) is 6. The van der Waals surface area contributed by atoms with Crippen LogP contribution < -0.4 is 9.47 Å². The van der Waals surface area contributed by atoms with E-state index in [4.69, 9.17) is 9.47 Å². The molecule has 38 heavy (non-hydrogen) atoms. The van der Waals surface area contributed by atoms with Crippen LogP contribution in [0.5, 0.6) is 17.2 Å². The van der Waals surface area contributed by atoms with Crippen LogP contribution in [0, 0.1) is 0 Å². The Morgan fingerprint density at radius 2 is 1.82 bits per heavy atom. The van der Waals surface area contributed by atoms with E-state index in [1.165, 1.54) is 16.2 Å². The quantitative estimate of drug-likeness (QED) is 0.178. The molecular weight excluding hydrogens is 498 g/mol. The highest BCUT2D eigenvalue weighted by Gasteiger charge is 2.46. The second-order valence-corrected chi connectivity index (χ2v) is 10.5. The first-order chi connectivity index (χ1) is 18.5. The van der Waals surface area contributed by atoms with E-state index in [0.717, 1.165) is 16.2 Å². The van der Waals surface area contributed by atoms with Gasteiger partial charge >= 0.3 is 0 Å². The van der Waals surface area contributed by atoms with Gasteiger partial charge in [-0.1, -0.05) is 36.4 Å². The van der Waals surface area contributed by atoms with Gasteiger partial charge in [-0.25, -0.2) is 0 Å². The van der Waals surface area contributed by atoms with Gasteiger partial charge in [-0.15, -0.1) is 11.3 Å². The van der Waals surface area contributed by atoms with Gasteiger partial charge in [0.05, 0.1) is 18.2 Å². The lowest BCUT2D eigenvalue weighted by Crippen LogP contribution is -2.28. The third-order valence-corrected chi connectivity index (χ3v) is 7.63. The average Bonchev–Trinajstić information content (AvgIpc) is 3.63. The Bertz CT molecular complexity index is 1540. The largest absolute Gasteiger partial charge is 0.507 e. The summed E-state index contributed by atoms with van der Waals surface area (Å²) in [6.07, 6.45) is 0.761. The number of hydrogen-bond donors (Lipinski definition) is 1. The molecule has 1 saturated heterocycles. The molecule has 0 radical (unpaired) electrons. The molecule has 3 heterocycles. The predicted octanol–water partition coefficient (Wildman–Crippen LogP) is 6.49. The van der Waals surface area contributed by atoms with Gasteiger partial charge in [0, 0.05) is 16.9 Å². The van der Waals surface area contributed by atoms with Crippen LogP contribution in [0.2, 0.25) is 0 Å². The lowest BCUT2D eigenvalue weighted by molar-refractivity contribution is -0.140. The van der Waals surface area contributed by atoms with Crippen LogP contribution in [0.25, 0.3) is 5.76 Å². The first-order valence-corrected chi connectivity index (χ1v) is 13.3. The molecule has 6 nitrogen and oxygen atoms in total. The van der Waals surface area contributed by atoms with E-state index < -0.39 is 17.7 Å². The van der Waals surface area contributed by atoms with Crippen LogP contribution in [0.1, 0.15) is 34.5 Å². The third kappa shape index (κ3) is 4.46. The van der Waals surface area contributed by atoms with Crippen molar-refractivity contribution in [2.45, 2.75) is 32.0 Å². The number of ketones is 1. The number of aliphatic hydroxyl groups is 1. The molecular formula is C31H25NO5S. The number of Topliss-reactive ketones (excluding diaryl/α,β-unsaturated/α-hetero) is 1. The predicted molar refractivity (Wildman–Crippen MR) is 145 cm³/mol. The first kappa shape index (κ1) is 24.0. The molecule has 1 aromatic heterocycles. The molecule has 1 fully saturated rings. The Morgan fingerprint density at radius 3 is 2.61 bits per heavy atom. The normalized spacial score (nSPS) is 19.9. The minimum atomic E-state index is -0.778. The maximum Gasteiger partial charge on any atom is 0.295 e. The molecule has 2 aliphatic heterocycles. The zero-order valence-corrected chi connectivity index (χ0v) is 21.5. The van der Waals surface area contributed by atoms with Crippen molar-refractivity contribution >= 4 is 28.8 Å². The highest BCUT2D eigenvalue weighted by molar-refractivity contribution is 7.09. The van der Waals surface area contributed by atoms with E-state index in [1.54, 1.807) is 12.1 Å². The molecule has 3 aromatic carbocycles. The minimum absolute atomic E-state index is 0.0473. The van der Waals surface area contributed by atoms with Crippen molar-refractivity contribution in [2.75, 3.05) is 0 Å². The molecule has 190 valence electrons. The molecule has 0 aliphatic carbocycles. The molecule has 0 spiro atoms.